The van der Waals surface area contributed by atoms with E-state index in [0.29, 0.717) is 0 Å². The van der Waals surface area contributed by atoms with Crippen molar-refractivity contribution < 1.29 is 35.9 Å². The topological polar surface area (TPSA) is 52.0 Å². The molecule has 1 aromatic carbocycles. The number of para-hydroxylation sites is 2. The highest BCUT2D eigenvalue weighted by Gasteiger charge is 2.44. The minimum atomic E-state index is -5.33. The SMILES string of the molecule is O=C(Sc1nc2ccccc2n1C(=O)C(F)(F)F)C(F)(F)F. The van der Waals surface area contributed by atoms with Gasteiger partial charge in [0.1, 0.15) is 0 Å². The molecule has 0 radical (unpaired) electrons. The highest BCUT2D eigenvalue weighted by molar-refractivity contribution is 8.13. The molecule has 2 rings (SSSR count). The van der Waals surface area contributed by atoms with Gasteiger partial charge in [0.05, 0.1) is 11.0 Å². The number of imidazole rings is 1. The van der Waals surface area contributed by atoms with Gasteiger partial charge in [-0.05, 0) is 23.9 Å². The van der Waals surface area contributed by atoms with Crippen LogP contribution in [0.1, 0.15) is 4.79 Å². The number of benzene rings is 1. The molecule has 0 amide bonds. The van der Waals surface area contributed by atoms with Crippen LogP contribution in [-0.4, -0.2) is 32.9 Å². The van der Waals surface area contributed by atoms with Gasteiger partial charge >= 0.3 is 23.4 Å². The first kappa shape index (κ1) is 16.3. The molecule has 2 aromatic rings. The molecule has 1 aromatic heterocycles. The van der Waals surface area contributed by atoms with Crippen LogP contribution in [0.5, 0.6) is 0 Å². The molecule has 11 heteroatoms. The Labute approximate surface area is 122 Å². The fourth-order valence-corrected chi connectivity index (χ4v) is 2.23. The number of thioether (sulfide) groups is 1. The van der Waals surface area contributed by atoms with Gasteiger partial charge in [-0.3, -0.25) is 9.59 Å². The Morgan fingerprint density at radius 1 is 1.00 bits per heavy atom. The van der Waals surface area contributed by atoms with Crippen molar-refractivity contribution in [2.24, 2.45) is 0 Å². The first-order valence-electron chi connectivity index (χ1n) is 5.40. The summed E-state index contributed by atoms with van der Waals surface area (Å²) < 4.78 is 74.4. The van der Waals surface area contributed by atoms with Crippen LogP contribution in [0.4, 0.5) is 26.3 Å². The molecule has 0 fully saturated rings. The maximum atomic E-state index is 12.6. The average molecular weight is 342 g/mol. The molecule has 0 bridgehead atoms. The zero-order chi connectivity index (χ0) is 16.7. The van der Waals surface area contributed by atoms with Crippen molar-refractivity contribution in [1.29, 1.82) is 0 Å². The highest BCUT2D eigenvalue weighted by Crippen LogP contribution is 2.32. The summed E-state index contributed by atoms with van der Waals surface area (Å²) in [6, 6.07) is 4.94. The number of fused-ring (bicyclic) bond motifs is 1. The molecule has 0 spiro atoms. The van der Waals surface area contributed by atoms with Crippen LogP contribution < -0.4 is 0 Å². The summed E-state index contributed by atoms with van der Waals surface area (Å²) in [7, 11) is 0. The van der Waals surface area contributed by atoms with Gasteiger partial charge in [-0.1, -0.05) is 12.1 Å². The lowest BCUT2D eigenvalue weighted by Crippen LogP contribution is -2.30. The van der Waals surface area contributed by atoms with Crippen LogP contribution in [-0.2, 0) is 4.79 Å². The highest BCUT2D eigenvalue weighted by atomic mass is 32.2. The zero-order valence-electron chi connectivity index (χ0n) is 10.2. The minimum Gasteiger partial charge on any atom is -0.276 e. The molecular formula is C11H4F6N2O2S. The molecule has 0 unspecified atom stereocenters. The van der Waals surface area contributed by atoms with Crippen molar-refractivity contribution in [1.82, 2.24) is 9.55 Å². The molecule has 0 aliphatic rings. The van der Waals surface area contributed by atoms with Crippen LogP contribution in [0.2, 0.25) is 0 Å². The molecule has 0 aliphatic heterocycles. The van der Waals surface area contributed by atoms with Gasteiger partial charge in [0.2, 0.25) is 0 Å². The quantitative estimate of drug-likeness (QED) is 0.589. The van der Waals surface area contributed by atoms with Crippen LogP contribution in [0, 0.1) is 0 Å². The van der Waals surface area contributed by atoms with Gasteiger partial charge in [0.15, 0.2) is 5.16 Å². The third kappa shape index (κ3) is 3.08. The van der Waals surface area contributed by atoms with E-state index in [2.05, 4.69) is 4.98 Å². The largest absolute Gasteiger partial charge is 0.472 e. The zero-order valence-corrected chi connectivity index (χ0v) is 11.0. The summed E-state index contributed by atoms with van der Waals surface area (Å²) in [6.45, 7) is 0. The van der Waals surface area contributed by atoms with Gasteiger partial charge in [-0.25, -0.2) is 9.55 Å². The lowest BCUT2D eigenvalue weighted by atomic mass is 10.3. The molecule has 118 valence electrons. The summed E-state index contributed by atoms with van der Waals surface area (Å²) in [6.07, 6.45) is -10.6. The van der Waals surface area contributed by atoms with Crippen molar-refractivity contribution in [3.63, 3.8) is 0 Å². The fraction of sp³-hybridized carbons (Fsp3) is 0.182. The monoisotopic (exact) mass is 342 g/mol. The van der Waals surface area contributed by atoms with Crippen LogP contribution >= 0.6 is 11.8 Å². The van der Waals surface area contributed by atoms with E-state index in [0.717, 1.165) is 6.07 Å². The summed E-state index contributed by atoms with van der Waals surface area (Å²) in [4.78, 5) is 25.8. The Balaban J connectivity index is 2.59. The van der Waals surface area contributed by atoms with Gasteiger partial charge in [0, 0.05) is 0 Å². The molecule has 0 saturated heterocycles. The normalized spacial score (nSPS) is 12.6. The van der Waals surface area contributed by atoms with Crippen molar-refractivity contribution in [2.75, 3.05) is 0 Å². The predicted octanol–water partition coefficient (Wildman–Crippen LogP) is 3.42. The second-order valence-corrected chi connectivity index (χ2v) is 4.85. The second kappa shape index (κ2) is 5.30. The van der Waals surface area contributed by atoms with Gasteiger partial charge in [0.25, 0.3) is 0 Å². The number of rotatable bonds is 1. The molecular weight excluding hydrogens is 338 g/mol. The Hall–Kier alpha value is -2.04. The van der Waals surface area contributed by atoms with Crippen molar-refractivity contribution >= 4 is 33.8 Å². The summed E-state index contributed by atoms with van der Waals surface area (Å²) in [5, 5.41) is -3.37. The van der Waals surface area contributed by atoms with Crippen molar-refractivity contribution in [3.8, 4) is 0 Å². The minimum absolute atomic E-state index is 0.0519. The van der Waals surface area contributed by atoms with Gasteiger partial charge in [-0.15, -0.1) is 0 Å². The fourth-order valence-electron chi connectivity index (χ4n) is 1.54. The molecule has 4 nitrogen and oxygen atoms in total. The molecule has 0 aliphatic carbocycles. The van der Waals surface area contributed by atoms with Gasteiger partial charge < -0.3 is 0 Å². The van der Waals surface area contributed by atoms with E-state index < -0.39 is 40.3 Å². The van der Waals surface area contributed by atoms with E-state index in [4.69, 9.17) is 0 Å². The lowest BCUT2D eigenvalue weighted by molar-refractivity contribution is -0.160. The first-order chi connectivity index (χ1) is 10.0. The molecule has 0 N–H and O–H groups in total. The third-order valence-electron chi connectivity index (χ3n) is 2.39. The predicted molar refractivity (Wildman–Crippen MR) is 63.3 cm³/mol. The number of carbonyl (C=O) groups is 2. The summed E-state index contributed by atoms with van der Waals surface area (Å²) >= 11 is -0.586. The number of halogens is 6. The van der Waals surface area contributed by atoms with Crippen molar-refractivity contribution in [2.45, 2.75) is 17.5 Å². The summed E-state index contributed by atoms with van der Waals surface area (Å²) in [5.41, 5.74) is -0.486. The van der Waals surface area contributed by atoms with E-state index in [-0.39, 0.29) is 15.6 Å². The Bertz CT molecular complexity index is 749. The number of aromatic nitrogens is 2. The number of carbonyl (C=O) groups excluding carboxylic acids is 2. The maximum absolute atomic E-state index is 12.6. The Kier molecular flexibility index (Phi) is 3.94. The second-order valence-electron chi connectivity index (χ2n) is 3.91. The molecule has 1 heterocycles. The van der Waals surface area contributed by atoms with E-state index in [9.17, 15) is 35.9 Å². The average Bonchev–Trinajstić information content (AvgIpc) is 2.73. The van der Waals surface area contributed by atoms with Crippen LogP contribution in [0.15, 0.2) is 29.4 Å². The van der Waals surface area contributed by atoms with E-state index in [1.165, 1.54) is 18.2 Å². The number of hydrogen-bond acceptors (Lipinski definition) is 4. The van der Waals surface area contributed by atoms with Crippen LogP contribution in [0.25, 0.3) is 11.0 Å². The Morgan fingerprint density at radius 2 is 1.59 bits per heavy atom. The van der Waals surface area contributed by atoms with E-state index in [1.807, 2.05) is 0 Å². The standard InChI is InChI=1S/C11H4F6N2O2S/c12-10(13,14)7(20)19-6-4-2-1-3-5(6)18-9(19)22-8(21)11(15,16)17/h1-4H. The molecule has 0 saturated carbocycles. The van der Waals surface area contributed by atoms with E-state index >= 15 is 0 Å². The van der Waals surface area contributed by atoms with Crippen LogP contribution in [0.3, 0.4) is 0 Å². The van der Waals surface area contributed by atoms with E-state index in [1.54, 1.807) is 0 Å². The number of alkyl halides is 6. The number of hydrogen-bond donors (Lipinski definition) is 0. The molecule has 0 atom stereocenters. The first-order valence-corrected chi connectivity index (χ1v) is 6.21. The lowest BCUT2D eigenvalue weighted by Gasteiger charge is -2.10. The number of nitrogens with zero attached hydrogens (tertiary/aromatic N) is 2. The van der Waals surface area contributed by atoms with Gasteiger partial charge in [-0.2, -0.15) is 26.3 Å². The molecule has 22 heavy (non-hydrogen) atoms. The Morgan fingerprint density at radius 3 is 2.14 bits per heavy atom. The van der Waals surface area contributed by atoms with Crippen molar-refractivity contribution in [3.05, 3.63) is 24.3 Å². The maximum Gasteiger partial charge on any atom is 0.472 e. The smallest absolute Gasteiger partial charge is 0.276 e. The third-order valence-corrected chi connectivity index (χ3v) is 3.26. The summed E-state index contributed by atoms with van der Waals surface area (Å²) in [5.74, 6) is -2.43.